The number of hydrogen-bond acceptors (Lipinski definition) is 3. The molecular formula is C7H7F4N3. The molecule has 0 aliphatic heterocycles. The highest BCUT2D eigenvalue weighted by Gasteiger charge is 2.40. The number of hydrogen-bond donors (Lipinski definition) is 2. The molecule has 1 unspecified atom stereocenters. The predicted molar refractivity (Wildman–Crippen MR) is 40.3 cm³/mol. The van der Waals surface area contributed by atoms with Gasteiger partial charge in [-0.25, -0.2) is 9.82 Å². The number of rotatable bonds is 2. The Morgan fingerprint density at radius 3 is 2.43 bits per heavy atom. The van der Waals surface area contributed by atoms with E-state index in [4.69, 9.17) is 5.84 Å². The predicted octanol–water partition coefficient (Wildman–Crippen LogP) is 1.29. The maximum absolute atomic E-state index is 12.6. The number of halogens is 4. The minimum absolute atomic E-state index is 0.361. The summed E-state index contributed by atoms with van der Waals surface area (Å²) in [6, 6.07) is -1.38. The lowest BCUT2D eigenvalue weighted by atomic mass is 10.1. The van der Waals surface area contributed by atoms with Crippen LogP contribution in [0.3, 0.4) is 0 Å². The van der Waals surface area contributed by atoms with Crippen molar-refractivity contribution in [1.29, 1.82) is 0 Å². The number of aromatic nitrogens is 1. The number of alkyl halides is 3. The van der Waals surface area contributed by atoms with Gasteiger partial charge in [0.1, 0.15) is 11.9 Å². The molecule has 78 valence electrons. The summed E-state index contributed by atoms with van der Waals surface area (Å²) in [5, 5.41) is 0. The molecule has 0 fully saturated rings. The van der Waals surface area contributed by atoms with Crippen LogP contribution in [0.25, 0.3) is 0 Å². The van der Waals surface area contributed by atoms with Gasteiger partial charge in [0, 0.05) is 11.8 Å². The van der Waals surface area contributed by atoms with Crippen LogP contribution < -0.4 is 11.3 Å². The van der Waals surface area contributed by atoms with Crippen LogP contribution in [0.5, 0.6) is 0 Å². The summed E-state index contributed by atoms with van der Waals surface area (Å²) in [7, 11) is 0. The lowest BCUT2D eigenvalue weighted by molar-refractivity contribution is -0.157. The van der Waals surface area contributed by atoms with Crippen LogP contribution in [0.15, 0.2) is 18.5 Å². The monoisotopic (exact) mass is 209 g/mol. The summed E-state index contributed by atoms with van der Waals surface area (Å²) in [5.41, 5.74) is 1.19. The van der Waals surface area contributed by atoms with Crippen LogP contribution in [-0.2, 0) is 0 Å². The zero-order valence-corrected chi connectivity index (χ0v) is 6.85. The Balaban J connectivity index is 3.01. The van der Waals surface area contributed by atoms with Gasteiger partial charge in [0.05, 0.1) is 6.20 Å². The topological polar surface area (TPSA) is 50.9 Å². The minimum Gasteiger partial charge on any atom is -0.271 e. The van der Waals surface area contributed by atoms with Crippen molar-refractivity contribution in [1.82, 2.24) is 10.4 Å². The highest BCUT2D eigenvalue weighted by Crippen LogP contribution is 2.31. The van der Waals surface area contributed by atoms with Gasteiger partial charge in [-0.15, -0.1) is 0 Å². The molecule has 0 saturated carbocycles. The van der Waals surface area contributed by atoms with Crippen LogP contribution in [0.4, 0.5) is 17.6 Å². The summed E-state index contributed by atoms with van der Waals surface area (Å²) in [4.78, 5) is 3.30. The van der Waals surface area contributed by atoms with Crippen molar-refractivity contribution in [3.8, 4) is 0 Å². The molecule has 1 aromatic rings. The van der Waals surface area contributed by atoms with Gasteiger partial charge in [-0.3, -0.25) is 10.8 Å². The SMILES string of the molecule is NNC(c1cncc(F)c1)C(F)(F)F. The first-order valence-corrected chi connectivity index (χ1v) is 3.58. The molecular weight excluding hydrogens is 202 g/mol. The number of hydrazine groups is 1. The van der Waals surface area contributed by atoms with E-state index in [1.165, 1.54) is 0 Å². The number of pyridine rings is 1. The van der Waals surface area contributed by atoms with Gasteiger partial charge >= 0.3 is 6.18 Å². The molecule has 0 aliphatic rings. The van der Waals surface area contributed by atoms with E-state index in [1.54, 1.807) is 5.43 Å². The first kappa shape index (κ1) is 10.9. The van der Waals surface area contributed by atoms with Crippen LogP contribution in [0.1, 0.15) is 11.6 Å². The van der Waals surface area contributed by atoms with Crippen molar-refractivity contribution < 1.29 is 17.6 Å². The Bertz CT molecular complexity index is 312. The summed E-state index contributed by atoms with van der Waals surface area (Å²) < 4.78 is 49.3. The normalized spacial score (nSPS) is 14.1. The van der Waals surface area contributed by atoms with Gasteiger partial charge in [0.25, 0.3) is 0 Å². The summed E-state index contributed by atoms with van der Waals surface area (Å²) in [6.07, 6.45) is -2.86. The number of nitrogens with one attached hydrogen (secondary N) is 1. The molecule has 1 heterocycles. The molecule has 1 rings (SSSR count). The molecule has 0 spiro atoms. The summed E-state index contributed by atoms with van der Waals surface area (Å²) >= 11 is 0. The van der Waals surface area contributed by atoms with Crippen molar-refractivity contribution in [3.63, 3.8) is 0 Å². The van der Waals surface area contributed by atoms with Gasteiger partial charge in [-0.2, -0.15) is 13.2 Å². The zero-order chi connectivity index (χ0) is 10.8. The zero-order valence-electron chi connectivity index (χ0n) is 6.85. The molecule has 3 nitrogen and oxygen atoms in total. The van der Waals surface area contributed by atoms with E-state index >= 15 is 0 Å². The first-order chi connectivity index (χ1) is 6.45. The summed E-state index contributed by atoms with van der Waals surface area (Å²) in [5.74, 6) is 3.88. The Hall–Kier alpha value is -1.21. The smallest absolute Gasteiger partial charge is 0.271 e. The molecule has 0 radical (unpaired) electrons. The molecule has 7 heteroatoms. The number of nitrogens with two attached hydrogens (primary N) is 1. The fourth-order valence-electron chi connectivity index (χ4n) is 0.966. The molecule has 1 atom stereocenters. The largest absolute Gasteiger partial charge is 0.409 e. The maximum atomic E-state index is 12.6. The Morgan fingerprint density at radius 2 is 2.00 bits per heavy atom. The second-order valence-corrected chi connectivity index (χ2v) is 2.58. The van der Waals surface area contributed by atoms with E-state index < -0.39 is 18.0 Å². The van der Waals surface area contributed by atoms with Crippen molar-refractivity contribution in [2.75, 3.05) is 0 Å². The molecule has 0 aromatic carbocycles. The van der Waals surface area contributed by atoms with E-state index in [0.717, 1.165) is 18.5 Å². The summed E-state index contributed by atoms with van der Waals surface area (Å²) in [6.45, 7) is 0. The Kier molecular flexibility index (Phi) is 3.02. The van der Waals surface area contributed by atoms with Crippen LogP contribution in [0.2, 0.25) is 0 Å². The second kappa shape index (κ2) is 3.89. The van der Waals surface area contributed by atoms with Gasteiger partial charge in [0.15, 0.2) is 0 Å². The van der Waals surface area contributed by atoms with Gasteiger partial charge < -0.3 is 0 Å². The Morgan fingerprint density at radius 1 is 1.36 bits per heavy atom. The molecule has 14 heavy (non-hydrogen) atoms. The lowest BCUT2D eigenvalue weighted by Gasteiger charge is -2.18. The lowest BCUT2D eigenvalue weighted by Crippen LogP contribution is -2.38. The molecule has 3 N–H and O–H groups in total. The highest BCUT2D eigenvalue weighted by molar-refractivity contribution is 5.16. The Labute approximate surface area is 76.9 Å². The third kappa shape index (κ3) is 2.39. The van der Waals surface area contributed by atoms with E-state index in [1.807, 2.05) is 0 Å². The van der Waals surface area contributed by atoms with E-state index in [-0.39, 0.29) is 5.56 Å². The van der Waals surface area contributed by atoms with Gasteiger partial charge in [0.2, 0.25) is 0 Å². The van der Waals surface area contributed by atoms with E-state index in [0.29, 0.717) is 0 Å². The van der Waals surface area contributed by atoms with Crippen LogP contribution >= 0.6 is 0 Å². The van der Waals surface area contributed by atoms with E-state index in [2.05, 4.69) is 4.98 Å². The second-order valence-electron chi connectivity index (χ2n) is 2.58. The molecule has 0 aliphatic carbocycles. The fraction of sp³-hybridized carbons (Fsp3) is 0.286. The van der Waals surface area contributed by atoms with E-state index in [9.17, 15) is 17.6 Å². The van der Waals surface area contributed by atoms with Crippen molar-refractivity contribution in [2.45, 2.75) is 12.2 Å². The van der Waals surface area contributed by atoms with Crippen LogP contribution in [0, 0.1) is 5.82 Å². The minimum atomic E-state index is -4.58. The molecule has 0 amide bonds. The highest BCUT2D eigenvalue weighted by atomic mass is 19.4. The van der Waals surface area contributed by atoms with Crippen molar-refractivity contribution >= 4 is 0 Å². The third-order valence-electron chi connectivity index (χ3n) is 1.55. The van der Waals surface area contributed by atoms with Gasteiger partial charge in [-0.05, 0) is 6.07 Å². The molecule has 1 aromatic heterocycles. The van der Waals surface area contributed by atoms with Gasteiger partial charge in [-0.1, -0.05) is 0 Å². The maximum Gasteiger partial charge on any atom is 0.409 e. The standard InChI is InChI=1S/C7H7F4N3/c8-5-1-4(2-13-3-5)6(14-12)7(9,10)11/h1-3,6,14H,12H2. The number of nitrogens with zero attached hydrogens (tertiary/aromatic N) is 1. The first-order valence-electron chi connectivity index (χ1n) is 3.58. The quantitative estimate of drug-likeness (QED) is 0.438. The van der Waals surface area contributed by atoms with Crippen molar-refractivity contribution in [2.24, 2.45) is 5.84 Å². The molecule has 0 bridgehead atoms. The van der Waals surface area contributed by atoms with Crippen LogP contribution in [-0.4, -0.2) is 11.2 Å². The van der Waals surface area contributed by atoms with Crippen molar-refractivity contribution in [3.05, 3.63) is 29.8 Å². The third-order valence-corrected chi connectivity index (χ3v) is 1.55. The molecule has 0 saturated heterocycles. The fourth-order valence-corrected chi connectivity index (χ4v) is 0.966. The average Bonchev–Trinajstić information content (AvgIpc) is 2.02. The average molecular weight is 209 g/mol.